The molecule has 0 aliphatic heterocycles. The second kappa shape index (κ2) is 6.04. The van der Waals surface area contributed by atoms with E-state index < -0.39 is 0 Å². The van der Waals surface area contributed by atoms with Crippen LogP contribution in [0.3, 0.4) is 0 Å². The maximum atomic E-state index is 11.8. The summed E-state index contributed by atoms with van der Waals surface area (Å²) in [5, 5.41) is 6.97. The molecule has 2 rings (SSSR count). The summed E-state index contributed by atoms with van der Waals surface area (Å²) in [5.74, 6) is 1.29. The van der Waals surface area contributed by atoms with Gasteiger partial charge in [0.25, 0.3) is 0 Å². The predicted molar refractivity (Wildman–Crippen MR) is 73.2 cm³/mol. The van der Waals surface area contributed by atoms with E-state index >= 15 is 0 Å². The Morgan fingerprint density at radius 1 is 1.32 bits per heavy atom. The van der Waals surface area contributed by atoms with Crippen molar-refractivity contribution in [1.29, 1.82) is 0 Å². The molecular weight excluding hydrogens is 242 g/mol. The van der Waals surface area contributed by atoms with Gasteiger partial charge in [0, 0.05) is 18.8 Å². The molecule has 0 saturated heterocycles. The highest BCUT2D eigenvalue weighted by Crippen LogP contribution is 2.12. The van der Waals surface area contributed by atoms with E-state index in [1.807, 2.05) is 37.4 Å². The fourth-order valence-electron chi connectivity index (χ4n) is 1.72. The molecule has 5 heteroatoms. The number of aryl methyl sites for hydroxylation is 1. The van der Waals surface area contributed by atoms with Crippen molar-refractivity contribution >= 4 is 11.7 Å². The molecule has 0 bridgehead atoms. The average molecular weight is 259 g/mol. The van der Waals surface area contributed by atoms with Gasteiger partial charge in [0.05, 0.1) is 13.5 Å². The first-order valence-corrected chi connectivity index (χ1v) is 6.17. The third-order valence-electron chi connectivity index (χ3n) is 2.76. The summed E-state index contributed by atoms with van der Waals surface area (Å²) in [5.41, 5.74) is 0.938. The highest BCUT2D eigenvalue weighted by molar-refractivity contribution is 5.91. The van der Waals surface area contributed by atoms with Crippen LogP contribution in [-0.4, -0.2) is 22.8 Å². The van der Waals surface area contributed by atoms with E-state index in [1.165, 1.54) is 0 Å². The molecule has 0 spiro atoms. The van der Waals surface area contributed by atoms with Crippen LogP contribution in [0.1, 0.15) is 12.5 Å². The first kappa shape index (κ1) is 13.1. The van der Waals surface area contributed by atoms with E-state index in [2.05, 4.69) is 10.4 Å². The van der Waals surface area contributed by atoms with Crippen molar-refractivity contribution in [2.24, 2.45) is 0 Å². The van der Waals surface area contributed by atoms with Crippen LogP contribution in [0.4, 0.5) is 5.82 Å². The van der Waals surface area contributed by atoms with Gasteiger partial charge in [-0.25, -0.2) is 0 Å². The quantitative estimate of drug-likeness (QED) is 0.894. The molecule has 19 heavy (non-hydrogen) atoms. The van der Waals surface area contributed by atoms with Crippen LogP contribution < -0.4 is 10.1 Å². The van der Waals surface area contributed by atoms with Gasteiger partial charge in [0.2, 0.25) is 5.91 Å². The van der Waals surface area contributed by atoms with E-state index in [-0.39, 0.29) is 5.91 Å². The number of anilines is 1. The number of rotatable bonds is 5. The van der Waals surface area contributed by atoms with E-state index in [0.29, 0.717) is 12.2 Å². The van der Waals surface area contributed by atoms with Gasteiger partial charge in [0.1, 0.15) is 5.75 Å². The molecule has 5 nitrogen and oxygen atoms in total. The molecule has 0 saturated carbocycles. The smallest absolute Gasteiger partial charge is 0.229 e. The highest BCUT2D eigenvalue weighted by atomic mass is 16.5. The van der Waals surface area contributed by atoms with E-state index in [1.54, 1.807) is 17.9 Å². The summed E-state index contributed by atoms with van der Waals surface area (Å²) in [6, 6.07) is 9.23. The molecule has 1 heterocycles. The van der Waals surface area contributed by atoms with Crippen molar-refractivity contribution in [3.8, 4) is 5.75 Å². The van der Waals surface area contributed by atoms with Gasteiger partial charge in [-0.05, 0) is 24.6 Å². The lowest BCUT2D eigenvalue weighted by Crippen LogP contribution is -2.15. The molecule has 0 unspecified atom stereocenters. The second-order valence-corrected chi connectivity index (χ2v) is 4.13. The highest BCUT2D eigenvalue weighted by Gasteiger charge is 2.06. The summed E-state index contributed by atoms with van der Waals surface area (Å²) in [6.07, 6.45) is 2.16. The molecule has 1 N–H and O–H groups in total. The third kappa shape index (κ3) is 3.58. The van der Waals surface area contributed by atoms with E-state index in [4.69, 9.17) is 4.74 Å². The largest absolute Gasteiger partial charge is 0.497 e. The Labute approximate surface area is 112 Å². The fraction of sp³-hybridized carbons (Fsp3) is 0.286. The summed E-state index contributed by atoms with van der Waals surface area (Å²) in [4.78, 5) is 11.8. The Bertz CT molecular complexity index is 546. The van der Waals surface area contributed by atoms with Crippen LogP contribution in [0.5, 0.6) is 5.75 Å². The molecule has 0 fully saturated rings. The van der Waals surface area contributed by atoms with Crippen molar-refractivity contribution in [3.05, 3.63) is 42.1 Å². The van der Waals surface area contributed by atoms with Crippen LogP contribution in [0.15, 0.2) is 36.5 Å². The van der Waals surface area contributed by atoms with Gasteiger partial charge in [0.15, 0.2) is 5.82 Å². The number of methoxy groups -OCH3 is 1. The Hall–Kier alpha value is -2.30. The maximum absolute atomic E-state index is 11.8. The van der Waals surface area contributed by atoms with Crippen molar-refractivity contribution in [2.75, 3.05) is 12.4 Å². The van der Waals surface area contributed by atoms with Gasteiger partial charge in [-0.3, -0.25) is 9.48 Å². The van der Waals surface area contributed by atoms with Gasteiger partial charge in [-0.1, -0.05) is 12.1 Å². The predicted octanol–water partition coefficient (Wildman–Crippen LogP) is 2.09. The number of carbonyl (C=O) groups excluding carboxylic acids is 1. The zero-order chi connectivity index (χ0) is 13.7. The molecule has 0 atom stereocenters. The minimum Gasteiger partial charge on any atom is -0.497 e. The molecule has 0 radical (unpaired) electrons. The Morgan fingerprint density at radius 2 is 2.05 bits per heavy atom. The molecule has 1 amide bonds. The number of benzene rings is 1. The van der Waals surface area contributed by atoms with Crippen molar-refractivity contribution in [3.63, 3.8) is 0 Å². The van der Waals surface area contributed by atoms with Crippen molar-refractivity contribution in [2.45, 2.75) is 19.9 Å². The second-order valence-electron chi connectivity index (χ2n) is 4.13. The minimum atomic E-state index is -0.0773. The van der Waals surface area contributed by atoms with Crippen LogP contribution in [-0.2, 0) is 17.8 Å². The number of aromatic nitrogens is 2. The Balaban J connectivity index is 1.93. The first-order valence-electron chi connectivity index (χ1n) is 6.17. The molecule has 100 valence electrons. The molecule has 2 aromatic rings. The number of hydrogen-bond acceptors (Lipinski definition) is 3. The zero-order valence-electron chi connectivity index (χ0n) is 11.1. The summed E-state index contributed by atoms with van der Waals surface area (Å²) >= 11 is 0. The van der Waals surface area contributed by atoms with Crippen LogP contribution in [0, 0.1) is 0 Å². The standard InChI is InChI=1S/C14H17N3O2/c1-3-17-9-8-13(16-17)15-14(18)10-11-4-6-12(19-2)7-5-11/h4-9H,3,10H2,1-2H3,(H,15,16,18). The molecule has 1 aromatic heterocycles. The topological polar surface area (TPSA) is 56.2 Å². The number of carbonyl (C=O) groups is 1. The fourth-order valence-corrected chi connectivity index (χ4v) is 1.72. The number of nitrogens with zero attached hydrogens (tertiary/aromatic N) is 2. The van der Waals surface area contributed by atoms with Crippen molar-refractivity contribution < 1.29 is 9.53 Å². The average Bonchev–Trinajstić information content (AvgIpc) is 2.87. The van der Waals surface area contributed by atoms with Gasteiger partial charge < -0.3 is 10.1 Å². The van der Waals surface area contributed by atoms with E-state index in [0.717, 1.165) is 17.9 Å². The van der Waals surface area contributed by atoms with E-state index in [9.17, 15) is 4.79 Å². The van der Waals surface area contributed by atoms with Crippen LogP contribution >= 0.6 is 0 Å². The van der Waals surface area contributed by atoms with Crippen molar-refractivity contribution in [1.82, 2.24) is 9.78 Å². The lowest BCUT2D eigenvalue weighted by Gasteiger charge is -2.04. The number of hydrogen-bond donors (Lipinski definition) is 1. The lowest BCUT2D eigenvalue weighted by molar-refractivity contribution is -0.115. The number of ether oxygens (including phenoxy) is 1. The summed E-state index contributed by atoms with van der Waals surface area (Å²) in [7, 11) is 1.62. The van der Waals surface area contributed by atoms with Crippen LogP contribution in [0.25, 0.3) is 0 Å². The lowest BCUT2D eigenvalue weighted by atomic mass is 10.1. The Morgan fingerprint density at radius 3 is 2.63 bits per heavy atom. The Kier molecular flexibility index (Phi) is 4.18. The summed E-state index contributed by atoms with van der Waals surface area (Å²) < 4.78 is 6.84. The normalized spacial score (nSPS) is 10.2. The third-order valence-corrected chi connectivity index (χ3v) is 2.76. The van der Waals surface area contributed by atoms with Gasteiger partial charge >= 0.3 is 0 Å². The van der Waals surface area contributed by atoms with Gasteiger partial charge in [-0.15, -0.1) is 0 Å². The molecule has 0 aliphatic carbocycles. The first-order chi connectivity index (χ1) is 9.21. The monoisotopic (exact) mass is 259 g/mol. The molecular formula is C14H17N3O2. The molecule has 0 aliphatic rings. The van der Waals surface area contributed by atoms with Crippen LogP contribution in [0.2, 0.25) is 0 Å². The maximum Gasteiger partial charge on any atom is 0.229 e. The molecule has 1 aromatic carbocycles. The minimum absolute atomic E-state index is 0.0773. The van der Waals surface area contributed by atoms with Gasteiger partial charge in [-0.2, -0.15) is 5.10 Å². The number of nitrogens with one attached hydrogen (secondary N) is 1. The SMILES string of the molecule is CCn1ccc(NC(=O)Cc2ccc(OC)cc2)n1. The zero-order valence-corrected chi connectivity index (χ0v) is 11.1. The number of amides is 1. The summed E-state index contributed by atoms with van der Waals surface area (Å²) in [6.45, 7) is 2.78.